The maximum atomic E-state index is 12.1. The van der Waals surface area contributed by atoms with Crippen molar-refractivity contribution in [3.05, 3.63) is 59.4 Å². The minimum Gasteiger partial charge on any atom is -0.446 e. The lowest BCUT2D eigenvalue weighted by molar-refractivity contribution is -0.149. The van der Waals surface area contributed by atoms with Crippen molar-refractivity contribution in [2.24, 2.45) is 11.8 Å². The van der Waals surface area contributed by atoms with Crippen molar-refractivity contribution in [2.45, 2.75) is 45.3 Å². The number of ether oxygens (including phenoxy) is 1. The Labute approximate surface area is 194 Å². The van der Waals surface area contributed by atoms with Crippen LogP contribution in [0.5, 0.6) is 0 Å². The highest BCUT2D eigenvalue weighted by Gasteiger charge is 2.23. The number of hydrogen-bond acceptors (Lipinski definition) is 8. The molecule has 0 aromatic rings. The number of amides is 2. The lowest BCUT2D eigenvalue weighted by Gasteiger charge is -2.27. The van der Waals surface area contributed by atoms with E-state index >= 15 is 0 Å². The Balaban J connectivity index is 1.53. The van der Waals surface area contributed by atoms with E-state index in [0.29, 0.717) is 38.4 Å². The molecule has 33 heavy (non-hydrogen) atoms. The second-order valence-electron chi connectivity index (χ2n) is 8.00. The molecule has 0 bridgehead atoms. The molecule has 2 amide bonds. The van der Waals surface area contributed by atoms with Crippen molar-refractivity contribution in [1.29, 1.82) is 0 Å². The van der Waals surface area contributed by atoms with Crippen LogP contribution in [0.1, 0.15) is 39.0 Å². The van der Waals surface area contributed by atoms with Gasteiger partial charge in [-0.05, 0) is 50.8 Å². The number of allylic oxidation sites excluding steroid dienone is 8. The van der Waals surface area contributed by atoms with E-state index in [4.69, 9.17) is 10.6 Å². The summed E-state index contributed by atoms with van der Waals surface area (Å²) in [5.74, 6) is 5.65. The van der Waals surface area contributed by atoms with E-state index < -0.39 is 12.3 Å². The molecule has 2 unspecified atom stereocenters. The average Bonchev–Trinajstić information content (AvgIpc) is 2.84. The van der Waals surface area contributed by atoms with Gasteiger partial charge in [0, 0.05) is 31.8 Å². The fourth-order valence-electron chi connectivity index (χ4n) is 3.65. The molecule has 0 aromatic heterocycles. The molecule has 3 rings (SSSR count). The summed E-state index contributed by atoms with van der Waals surface area (Å²) in [5.41, 5.74) is 2.29. The first-order valence-electron chi connectivity index (χ1n) is 11.4. The smallest absolute Gasteiger partial charge is 0.329 e. The number of urea groups is 1. The van der Waals surface area contributed by atoms with Crippen molar-refractivity contribution in [2.75, 3.05) is 19.6 Å². The van der Waals surface area contributed by atoms with Crippen LogP contribution in [-0.4, -0.2) is 37.9 Å². The van der Waals surface area contributed by atoms with Crippen molar-refractivity contribution in [3.63, 3.8) is 0 Å². The monoisotopic (exact) mass is 458 g/mol. The van der Waals surface area contributed by atoms with Crippen molar-refractivity contribution in [1.82, 2.24) is 26.6 Å². The fourth-order valence-corrected chi connectivity index (χ4v) is 3.65. The average molecular weight is 459 g/mol. The highest BCUT2D eigenvalue weighted by molar-refractivity contribution is 5.74. The first-order valence-corrected chi connectivity index (χ1v) is 11.4. The summed E-state index contributed by atoms with van der Waals surface area (Å²) in [6.07, 6.45) is 15.6. The van der Waals surface area contributed by atoms with Crippen LogP contribution in [0.15, 0.2) is 59.4 Å². The molecular formula is C23H34N6O4. The van der Waals surface area contributed by atoms with E-state index in [1.807, 2.05) is 25.2 Å². The second-order valence-corrected chi connectivity index (χ2v) is 8.00. The quantitative estimate of drug-likeness (QED) is 0.214. The summed E-state index contributed by atoms with van der Waals surface area (Å²) in [6, 6.07) is -0.233. The maximum Gasteiger partial charge on any atom is 0.329 e. The molecule has 3 aliphatic rings. The van der Waals surface area contributed by atoms with Crippen LogP contribution in [0, 0.1) is 5.92 Å². The molecule has 0 fully saturated rings. The number of hydrogen-bond donors (Lipinski definition) is 6. The van der Waals surface area contributed by atoms with Crippen molar-refractivity contribution >= 4 is 12.0 Å². The molecule has 1 aliphatic heterocycles. The second kappa shape index (κ2) is 12.7. The zero-order valence-corrected chi connectivity index (χ0v) is 19.0. The summed E-state index contributed by atoms with van der Waals surface area (Å²) in [6.45, 7) is 3.54. The zero-order chi connectivity index (χ0) is 23.5. The van der Waals surface area contributed by atoms with E-state index in [-0.39, 0.29) is 11.9 Å². The van der Waals surface area contributed by atoms with Gasteiger partial charge >= 0.3 is 12.0 Å². The number of rotatable bonds is 10. The molecule has 10 heteroatoms. The Kier molecular flexibility index (Phi) is 9.40. The van der Waals surface area contributed by atoms with E-state index in [0.717, 1.165) is 30.7 Å². The van der Waals surface area contributed by atoms with Gasteiger partial charge in [-0.25, -0.2) is 9.59 Å². The lowest BCUT2D eigenvalue weighted by atomic mass is 10.0. The highest BCUT2D eigenvalue weighted by Crippen LogP contribution is 2.22. The predicted octanol–water partition coefficient (Wildman–Crippen LogP) is 1.49. The number of carbonyl (C=O) groups excluding carboxylic acids is 2. The van der Waals surface area contributed by atoms with Crippen LogP contribution in [0.4, 0.5) is 4.79 Å². The van der Waals surface area contributed by atoms with Crippen LogP contribution in [0.25, 0.3) is 0 Å². The molecule has 1 heterocycles. The minimum atomic E-state index is -0.436. The predicted molar refractivity (Wildman–Crippen MR) is 125 cm³/mol. The first-order chi connectivity index (χ1) is 16.1. The van der Waals surface area contributed by atoms with E-state index in [1.165, 1.54) is 5.57 Å². The normalized spacial score (nSPS) is 20.7. The number of carbonyl (C=O) groups is 2. The number of nitrogens with two attached hydrogens (primary N) is 1. The molecule has 0 saturated carbocycles. The molecule has 0 spiro atoms. The van der Waals surface area contributed by atoms with Crippen LogP contribution in [-0.2, 0) is 14.4 Å². The van der Waals surface area contributed by atoms with Crippen LogP contribution >= 0.6 is 0 Å². The van der Waals surface area contributed by atoms with Crippen LogP contribution in [0.3, 0.4) is 0 Å². The Morgan fingerprint density at radius 3 is 2.76 bits per heavy atom. The Hall–Kier alpha value is -3.24. The van der Waals surface area contributed by atoms with Crippen molar-refractivity contribution in [3.8, 4) is 0 Å². The fraction of sp³-hybridized carbons (Fsp3) is 0.478. The molecule has 2 aliphatic carbocycles. The number of nitrogens with one attached hydrogen (secondary N) is 5. The molecular weight excluding hydrogens is 424 g/mol. The van der Waals surface area contributed by atoms with Gasteiger partial charge in [-0.2, -0.15) is 5.90 Å². The standard InChI is InChI=1S/C23H34N6O4/c1-2-25-23(31)29-22(27-14-16-6-4-3-5-7-16)28-18-9-11-19(12-10-18)32-20-13-8-17(15-26-20)21(30)33-24/h3-4,6,9,11,13,17,22,26-28H,2,5,7-8,10,12,14-15,24H2,1H3,(H2,25,29,31). The van der Waals surface area contributed by atoms with Gasteiger partial charge in [0.2, 0.25) is 0 Å². The SMILES string of the molecule is CCNC(=O)NC(NCC1=CC=CCC1)NC1=CC=C(OC2=CCC(C(=O)ON)CN2)CC1. The molecule has 7 N–H and O–H groups in total. The van der Waals surface area contributed by atoms with Crippen molar-refractivity contribution < 1.29 is 19.2 Å². The molecule has 2 atom stereocenters. The largest absolute Gasteiger partial charge is 0.446 e. The minimum absolute atomic E-state index is 0.233. The molecule has 180 valence electrons. The van der Waals surface area contributed by atoms with Gasteiger partial charge in [0.05, 0.1) is 5.92 Å². The lowest BCUT2D eigenvalue weighted by Crippen LogP contribution is -2.57. The Morgan fingerprint density at radius 1 is 1.24 bits per heavy atom. The van der Waals surface area contributed by atoms with Gasteiger partial charge < -0.3 is 30.8 Å². The molecule has 0 aromatic carbocycles. The molecule has 0 radical (unpaired) electrons. The third-order valence-electron chi connectivity index (χ3n) is 5.49. The Bertz CT molecular complexity index is 861. The summed E-state index contributed by atoms with van der Waals surface area (Å²) >= 11 is 0. The van der Waals surface area contributed by atoms with Gasteiger partial charge in [-0.1, -0.05) is 23.8 Å². The van der Waals surface area contributed by atoms with E-state index in [2.05, 4.69) is 49.6 Å². The Morgan fingerprint density at radius 2 is 2.12 bits per heavy atom. The van der Waals surface area contributed by atoms with E-state index in [1.54, 1.807) is 0 Å². The molecule has 10 nitrogen and oxygen atoms in total. The third-order valence-corrected chi connectivity index (χ3v) is 5.49. The maximum absolute atomic E-state index is 12.1. The van der Waals surface area contributed by atoms with Gasteiger partial charge in [0.15, 0.2) is 12.2 Å². The summed E-state index contributed by atoms with van der Waals surface area (Å²) in [4.78, 5) is 27.9. The summed E-state index contributed by atoms with van der Waals surface area (Å²) < 4.78 is 5.92. The highest BCUT2D eigenvalue weighted by atomic mass is 16.7. The summed E-state index contributed by atoms with van der Waals surface area (Å²) in [5, 5.41) is 15.5. The van der Waals surface area contributed by atoms with Crippen LogP contribution in [0.2, 0.25) is 0 Å². The first kappa shape index (κ1) is 24.4. The third kappa shape index (κ3) is 7.99. The van der Waals surface area contributed by atoms with Gasteiger partial charge in [-0.3, -0.25) is 5.32 Å². The molecule has 0 saturated heterocycles. The van der Waals surface area contributed by atoms with E-state index in [9.17, 15) is 9.59 Å². The van der Waals surface area contributed by atoms with Gasteiger partial charge in [0.25, 0.3) is 0 Å². The van der Waals surface area contributed by atoms with Crippen LogP contribution < -0.4 is 32.5 Å². The van der Waals surface area contributed by atoms with Gasteiger partial charge in [0.1, 0.15) is 5.76 Å². The summed E-state index contributed by atoms with van der Waals surface area (Å²) in [7, 11) is 0. The van der Waals surface area contributed by atoms with Gasteiger partial charge in [-0.15, -0.1) is 0 Å². The topological polar surface area (TPSA) is 139 Å². The zero-order valence-electron chi connectivity index (χ0n) is 19.0.